The lowest BCUT2D eigenvalue weighted by molar-refractivity contribution is 0.0599. The summed E-state index contributed by atoms with van der Waals surface area (Å²) in [5, 5.41) is 8.93. The lowest BCUT2D eigenvalue weighted by Gasteiger charge is -2.32. The molecule has 2 aromatic rings. The fourth-order valence-corrected chi connectivity index (χ4v) is 3.40. The third-order valence-corrected chi connectivity index (χ3v) is 4.86. The van der Waals surface area contributed by atoms with Crippen molar-refractivity contribution in [1.29, 1.82) is 0 Å². The van der Waals surface area contributed by atoms with Gasteiger partial charge in [0.15, 0.2) is 0 Å². The van der Waals surface area contributed by atoms with Crippen molar-refractivity contribution in [3.05, 3.63) is 52.2 Å². The van der Waals surface area contributed by atoms with Gasteiger partial charge in [0.2, 0.25) is 0 Å². The van der Waals surface area contributed by atoms with E-state index < -0.39 is 5.97 Å². The summed E-state index contributed by atoms with van der Waals surface area (Å²) in [4.78, 5) is 25.7. The number of nitrogens with zero attached hydrogens (tertiary/aromatic N) is 1. The molecular formula is C17H17NO4S. The van der Waals surface area contributed by atoms with Crippen LogP contribution in [0, 0.1) is 0 Å². The van der Waals surface area contributed by atoms with Gasteiger partial charge in [0.25, 0.3) is 5.91 Å². The van der Waals surface area contributed by atoms with Crippen LogP contribution in [-0.2, 0) is 0 Å². The molecule has 0 saturated carbocycles. The number of aromatic carboxylic acids is 1. The van der Waals surface area contributed by atoms with Crippen LogP contribution in [0.2, 0.25) is 0 Å². The number of carboxylic acid groups (broad SMARTS) is 1. The third kappa shape index (κ3) is 3.71. The second-order valence-electron chi connectivity index (χ2n) is 5.39. The smallest absolute Gasteiger partial charge is 0.345 e. The molecule has 120 valence electrons. The van der Waals surface area contributed by atoms with Crippen molar-refractivity contribution in [3.63, 3.8) is 0 Å². The van der Waals surface area contributed by atoms with Crippen molar-refractivity contribution in [2.75, 3.05) is 13.1 Å². The van der Waals surface area contributed by atoms with Crippen LogP contribution >= 0.6 is 11.3 Å². The minimum Gasteiger partial charge on any atom is -0.490 e. The largest absolute Gasteiger partial charge is 0.490 e. The first-order valence-electron chi connectivity index (χ1n) is 7.47. The lowest BCUT2D eigenvalue weighted by atomic mass is 10.1. The van der Waals surface area contributed by atoms with Crippen LogP contribution in [0.15, 0.2) is 42.5 Å². The zero-order valence-corrected chi connectivity index (χ0v) is 13.3. The first-order chi connectivity index (χ1) is 11.1. The summed E-state index contributed by atoms with van der Waals surface area (Å²) in [6.45, 7) is 1.24. The number of hydrogen-bond acceptors (Lipinski definition) is 4. The maximum absolute atomic E-state index is 12.4. The van der Waals surface area contributed by atoms with E-state index in [1.165, 1.54) is 6.07 Å². The monoisotopic (exact) mass is 331 g/mol. The van der Waals surface area contributed by atoms with Gasteiger partial charge in [-0.1, -0.05) is 18.2 Å². The van der Waals surface area contributed by atoms with Crippen LogP contribution < -0.4 is 4.74 Å². The first-order valence-corrected chi connectivity index (χ1v) is 8.29. The predicted molar refractivity (Wildman–Crippen MR) is 87.3 cm³/mol. The summed E-state index contributed by atoms with van der Waals surface area (Å²) >= 11 is 1.02. The van der Waals surface area contributed by atoms with E-state index in [1.54, 1.807) is 11.0 Å². The molecule has 1 amide bonds. The van der Waals surface area contributed by atoms with Crippen molar-refractivity contribution in [2.24, 2.45) is 0 Å². The van der Waals surface area contributed by atoms with Crippen LogP contribution in [0.5, 0.6) is 5.75 Å². The molecule has 0 bridgehead atoms. The average molecular weight is 331 g/mol. The van der Waals surface area contributed by atoms with Gasteiger partial charge in [-0.25, -0.2) is 4.79 Å². The Bertz CT molecular complexity index is 690. The number of piperidine rings is 1. The predicted octanol–water partition coefficient (Wildman–Crippen LogP) is 3.13. The lowest BCUT2D eigenvalue weighted by Crippen LogP contribution is -2.41. The van der Waals surface area contributed by atoms with Gasteiger partial charge in [0.1, 0.15) is 16.7 Å². The summed E-state index contributed by atoms with van der Waals surface area (Å²) in [6.07, 6.45) is 1.66. The molecule has 23 heavy (non-hydrogen) atoms. The Balaban J connectivity index is 1.55. The van der Waals surface area contributed by atoms with Gasteiger partial charge in [0.05, 0.1) is 4.88 Å². The first kappa shape index (κ1) is 15.6. The number of ether oxygens (including phenoxy) is 1. The van der Waals surface area contributed by atoms with Crippen molar-refractivity contribution < 1.29 is 19.4 Å². The maximum atomic E-state index is 12.4. The maximum Gasteiger partial charge on any atom is 0.345 e. The highest BCUT2D eigenvalue weighted by molar-refractivity contribution is 7.15. The minimum atomic E-state index is -0.996. The molecule has 1 aromatic heterocycles. The SMILES string of the molecule is O=C(O)c1ccc(C(=O)N2CCC(Oc3ccccc3)CC2)s1. The molecule has 6 heteroatoms. The van der Waals surface area contributed by atoms with E-state index in [0.29, 0.717) is 18.0 Å². The van der Waals surface area contributed by atoms with Crippen molar-refractivity contribution in [2.45, 2.75) is 18.9 Å². The highest BCUT2D eigenvalue weighted by Crippen LogP contribution is 2.23. The minimum absolute atomic E-state index is 0.0966. The molecule has 1 aliphatic rings. The van der Waals surface area contributed by atoms with E-state index in [2.05, 4.69) is 0 Å². The number of carbonyl (C=O) groups is 2. The molecule has 2 heterocycles. The van der Waals surface area contributed by atoms with E-state index in [0.717, 1.165) is 29.9 Å². The third-order valence-electron chi connectivity index (χ3n) is 3.80. The van der Waals surface area contributed by atoms with Crippen molar-refractivity contribution in [3.8, 4) is 5.75 Å². The number of hydrogen-bond donors (Lipinski definition) is 1. The molecule has 1 fully saturated rings. The van der Waals surface area contributed by atoms with Gasteiger partial charge in [-0.15, -0.1) is 11.3 Å². The molecular weight excluding hydrogens is 314 g/mol. The van der Waals surface area contributed by atoms with E-state index in [-0.39, 0.29) is 16.9 Å². The normalized spacial score (nSPS) is 15.4. The van der Waals surface area contributed by atoms with Crippen molar-refractivity contribution in [1.82, 2.24) is 4.90 Å². The quantitative estimate of drug-likeness (QED) is 0.935. The summed E-state index contributed by atoms with van der Waals surface area (Å²) in [6, 6.07) is 12.7. The van der Waals surface area contributed by atoms with Gasteiger partial charge in [0, 0.05) is 25.9 Å². The molecule has 1 N–H and O–H groups in total. The Morgan fingerprint density at radius 2 is 1.70 bits per heavy atom. The number of benzene rings is 1. The highest BCUT2D eigenvalue weighted by Gasteiger charge is 2.26. The Labute approximate surface area is 138 Å². The molecule has 0 atom stereocenters. The van der Waals surface area contributed by atoms with Crippen LogP contribution in [-0.4, -0.2) is 41.1 Å². The Kier molecular flexibility index (Phi) is 4.62. The van der Waals surface area contributed by atoms with Crippen LogP contribution in [0.1, 0.15) is 32.2 Å². The van der Waals surface area contributed by atoms with Crippen LogP contribution in [0.3, 0.4) is 0 Å². The standard InChI is InChI=1S/C17H17NO4S/c19-16(14-6-7-15(23-14)17(20)21)18-10-8-13(9-11-18)22-12-4-2-1-3-5-12/h1-7,13H,8-11H2,(H,20,21). The number of para-hydroxylation sites is 1. The molecule has 1 saturated heterocycles. The fraction of sp³-hybridized carbons (Fsp3) is 0.294. The number of carbonyl (C=O) groups excluding carboxylic acids is 1. The number of thiophene rings is 1. The van der Waals surface area contributed by atoms with Crippen LogP contribution in [0.25, 0.3) is 0 Å². The average Bonchev–Trinajstić information content (AvgIpc) is 3.06. The molecule has 0 unspecified atom stereocenters. The second-order valence-corrected chi connectivity index (χ2v) is 6.48. The molecule has 3 rings (SSSR count). The molecule has 1 aliphatic heterocycles. The van der Waals surface area contributed by atoms with Gasteiger partial charge >= 0.3 is 5.97 Å². The molecule has 1 aromatic carbocycles. The van der Waals surface area contributed by atoms with E-state index in [9.17, 15) is 9.59 Å². The molecule has 5 nitrogen and oxygen atoms in total. The van der Waals surface area contributed by atoms with Gasteiger partial charge in [-0.3, -0.25) is 4.79 Å². The fourth-order valence-electron chi connectivity index (χ4n) is 2.59. The molecule has 0 radical (unpaired) electrons. The molecule has 0 aliphatic carbocycles. The summed E-state index contributed by atoms with van der Waals surface area (Å²) in [5.41, 5.74) is 0. The Morgan fingerprint density at radius 1 is 1.04 bits per heavy atom. The van der Waals surface area contributed by atoms with Gasteiger partial charge in [-0.2, -0.15) is 0 Å². The van der Waals surface area contributed by atoms with Gasteiger partial charge in [-0.05, 0) is 24.3 Å². The summed E-state index contributed by atoms with van der Waals surface area (Å²) in [7, 11) is 0. The number of likely N-dealkylation sites (tertiary alicyclic amines) is 1. The summed E-state index contributed by atoms with van der Waals surface area (Å²) in [5.74, 6) is -0.244. The topological polar surface area (TPSA) is 66.8 Å². The Morgan fingerprint density at radius 3 is 2.30 bits per heavy atom. The number of carboxylic acids is 1. The van der Waals surface area contributed by atoms with E-state index >= 15 is 0 Å². The summed E-state index contributed by atoms with van der Waals surface area (Å²) < 4.78 is 5.91. The Hall–Kier alpha value is -2.34. The van der Waals surface area contributed by atoms with E-state index in [1.807, 2.05) is 30.3 Å². The highest BCUT2D eigenvalue weighted by atomic mass is 32.1. The van der Waals surface area contributed by atoms with Crippen LogP contribution in [0.4, 0.5) is 0 Å². The number of amides is 1. The zero-order valence-electron chi connectivity index (χ0n) is 12.5. The molecule has 0 spiro atoms. The van der Waals surface area contributed by atoms with E-state index in [4.69, 9.17) is 9.84 Å². The van der Waals surface area contributed by atoms with Crippen molar-refractivity contribution >= 4 is 23.2 Å². The number of rotatable bonds is 4. The second kappa shape index (κ2) is 6.83. The zero-order chi connectivity index (χ0) is 16.2. The van der Waals surface area contributed by atoms with Gasteiger partial charge < -0.3 is 14.7 Å².